The van der Waals surface area contributed by atoms with Gasteiger partial charge in [-0.05, 0) is 114 Å². The van der Waals surface area contributed by atoms with Crippen molar-refractivity contribution in [2.75, 3.05) is 28.2 Å². The number of carboxylic acid groups (broad SMARTS) is 1. The van der Waals surface area contributed by atoms with Gasteiger partial charge in [-0.25, -0.2) is 23.6 Å². The summed E-state index contributed by atoms with van der Waals surface area (Å²) in [7, 11) is 4.94. The predicted octanol–water partition coefficient (Wildman–Crippen LogP) is 8.16. The molecule has 2 aromatic rings. The van der Waals surface area contributed by atoms with Crippen LogP contribution < -0.4 is 5.32 Å². The van der Waals surface area contributed by atoms with Gasteiger partial charge in [0.25, 0.3) is 17.7 Å². The van der Waals surface area contributed by atoms with E-state index in [4.69, 9.17) is 18.9 Å². The van der Waals surface area contributed by atoms with Crippen LogP contribution in [0.2, 0.25) is 0 Å². The van der Waals surface area contributed by atoms with Gasteiger partial charge in [0.15, 0.2) is 24.4 Å². The van der Waals surface area contributed by atoms with E-state index in [1.165, 1.54) is 14.1 Å². The molecule has 0 saturated heterocycles. The van der Waals surface area contributed by atoms with Gasteiger partial charge in [-0.2, -0.15) is 26.3 Å². The second-order valence-electron chi connectivity index (χ2n) is 21.0. The number of aliphatic carboxylic acids is 1. The number of carbonyl (C=O) groups is 8. The Bertz CT molecular complexity index is 2360. The molecule has 444 valence electrons. The van der Waals surface area contributed by atoms with E-state index in [2.05, 4.69) is 5.32 Å². The minimum Gasteiger partial charge on any atom is -0.479 e. The first-order valence-corrected chi connectivity index (χ1v) is 26.0. The molecule has 0 aromatic heterocycles. The number of nitrogens with one attached hydrogen (secondary N) is 1. The van der Waals surface area contributed by atoms with Crippen LogP contribution in [0.15, 0.2) is 48.5 Å². The van der Waals surface area contributed by atoms with Crippen LogP contribution in [0.1, 0.15) is 130 Å². The van der Waals surface area contributed by atoms with E-state index >= 15 is 4.39 Å². The summed E-state index contributed by atoms with van der Waals surface area (Å²) in [5.74, 6) is -9.70. The highest BCUT2D eigenvalue weighted by Gasteiger charge is 2.43. The molecule has 3 amide bonds. The number of ether oxygens (including phenoxy) is 4. The number of hydrogen-bond donors (Lipinski definition) is 2. The molecule has 79 heavy (non-hydrogen) atoms. The van der Waals surface area contributed by atoms with Crippen molar-refractivity contribution < 1.29 is 93.1 Å². The van der Waals surface area contributed by atoms with Crippen LogP contribution >= 0.6 is 0 Å². The Hall–Kier alpha value is -6.33. The standard InChI is InChI=1S/C55H77F7N4O13/c1-14-15-16-39(63-10)49(72)79-44(29-36-19-24-38(25-20-36)55(60,61)62)47(69)65(12)40(27-31(2)3)50(73)76-33(6)45(67)66(13)42(30-53(8,9)56)52(75)78-43(26-21-35-17-22-37(23-18-35)54(57,58)59)46(68)64(11)41(28-32(4)5)51(74)77-34(7)48(70)71/h17-20,22-25,31-34,39-44,63H,14-16,21,26-30H2,1-13H3,(H,70,71)/t33-,34-,39+,40+,41+,42+,43-,44-/m1/s1. The smallest absolute Gasteiger partial charge is 0.416 e. The summed E-state index contributed by atoms with van der Waals surface area (Å²) in [5.41, 5.74) is -3.74. The third-order valence-electron chi connectivity index (χ3n) is 12.8. The largest absolute Gasteiger partial charge is 0.479 e. The highest BCUT2D eigenvalue weighted by molar-refractivity contribution is 5.93. The summed E-state index contributed by atoms with van der Waals surface area (Å²) in [6, 6.07) is 2.04. The lowest BCUT2D eigenvalue weighted by Gasteiger charge is -2.35. The van der Waals surface area contributed by atoms with Gasteiger partial charge < -0.3 is 44.1 Å². The van der Waals surface area contributed by atoms with E-state index < -0.39 is 145 Å². The topological polar surface area (TPSA) is 215 Å². The lowest BCUT2D eigenvalue weighted by atomic mass is 9.98. The number of rotatable bonds is 30. The first kappa shape index (κ1) is 68.8. The van der Waals surface area contributed by atoms with Crippen molar-refractivity contribution in [3.8, 4) is 0 Å². The average molecular weight is 1140 g/mol. The zero-order valence-electron chi connectivity index (χ0n) is 47.1. The summed E-state index contributed by atoms with van der Waals surface area (Å²) < 4.78 is 118. The number of likely N-dealkylation sites (N-methyl/N-ethyl adjacent to an activating group) is 4. The number of carboxylic acids is 1. The molecule has 0 fully saturated rings. The molecule has 0 unspecified atom stereocenters. The highest BCUT2D eigenvalue weighted by atomic mass is 19.4. The van der Waals surface area contributed by atoms with Gasteiger partial charge in [0, 0.05) is 34.0 Å². The van der Waals surface area contributed by atoms with E-state index in [0.717, 1.165) is 105 Å². The fourth-order valence-electron chi connectivity index (χ4n) is 8.21. The molecular formula is C55H77F7N4O13. The van der Waals surface area contributed by atoms with Crippen molar-refractivity contribution in [3.05, 3.63) is 70.8 Å². The quantitative estimate of drug-likeness (QED) is 0.0429. The van der Waals surface area contributed by atoms with Crippen molar-refractivity contribution in [1.82, 2.24) is 20.0 Å². The van der Waals surface area contributed by atoms with Crippen molar-refractivity contribution in [1.29, 1.82) is 0 Å². The molecule has 0 heterocycles. The van der Waals surface area contributed by atoms with Crippen LogP contribution in [0.5, 0.6) is 0 Å². The number of hydrogen-bond acceptors (Lipinski definition) is 13. The van der Waals surface area contributed by atoms with E-state index in [1.807, 2.05) is 6.92 Å². The molecule has 24 heteroatoms. The molecule has 0 aliphatic carbocycles. The number of nitrogens with zero attached hydrogens (tertiary/aromatic N) is 3. The molecule has 0 saturated carbocycles. The number of aryl methyl sites for hydroxylation is 1. The number of benzene rings is 2. The second kappa shape index (κ2) is 30.3. The normalized spacial score (nSPS) is 15.1. The number of carbonyl (C=O) groups excluding carboxylic acids is 7. The maximum Gasteiger partial charge on any atom is 0.416 e. The SMILES string of the molecule is CCCC[C@H](NC)C(=O)O[C@H](Cc1ccc(C(F)(F)F)cc1)C(=O)N(C)[C@@H](CC(C)C)C(=O)O[C@H](C)C(=O)N(C)[C@@H](CC(C)(C)F)C(=O)O[C@H](CCc1ccc(C(F)(F)F)cc1)C(=O)N(C)[C@@H](CC(C)C)C(=O)O[C@H](C)C(=O)O. The van der Waals surface area contributed by atoms with Gasteiger partial charge in [-0.1, -0.05) is 71.7 Å². The molecule has 17 nitrogen and oxygen atoms in total. The fraction of sp³-hybridized carbons (Fsp3) is 0.636. The Balaban J connectivity index is 2.58. The molecule has 8 atom stereocenters. The number of alkyl halides is 7. The van der Waals surface area contributed by atoms with Crippen molar-refractivity contribution in [3.63, 3.8) is 0 Å². The summed E-state index contributed by atoms with van der Waals surface area (Å²) in [5, 5.41) is 12.2. The van der Waals surface area contributed by atoms with Gasteiger partial charge in [0.05, 0.1) is 11.1 Å². The number of amides is 3. The Morgan fingerprint density at radius 2 is 0.962 bits per heavy atom. The number of esters is 4. The van der Waals surface area contributed by atoms with Gasteiger partial charge in [-0.3, -0.25) is 19.2 Å². The molecule has 2 N–H and O–H groups in total. The van der Waals surface area contributed by atoms with Crippen LogP contribution in [0.25, 0.3) is 0 Å². The third-order valence-corrected chi connectivity index (χ3v) is 12.8. The van der Waals surface area contributed by atoms with Crippen LogP contribution in [0, 0.1) is 11.8 Å². The molecule has 0 spiro atoms. The van der Waals surface area contributed by atoms with Gasteiger partial charge in [-0.15, -0.1) is 0 Å². The van der Waals surface area contributed by atoms with Crippen LogP contribution in [-0.2, 0) is 82.5 Å². The van der Waals surface area contributed by atoms with Gasteiger partial charge in [0.1, 0.15) is 29.8 Å². The van der Waals surface area contributed by atoms with Crippen molar-refractivity contribution in [2.24, 2.45) is 11.8 Å². The molecule has 0 radical (unpaired) electrons. The summed E-state index contributed by atoms with van der Waals surface area (Å²) in [6.07, 6.45) is -16.6. The Labute approximate surface area is 457 Å². The molecule has 2 aromatic carbocycles. The third kappa shape index (κ3) is 22.0. The minimum atomic E-state index is -4.67. The maximum atomic E-state index is 15.7. The Morgan fingerprint density at radius 1 is 0.557 bits per heavy atom. The van der Waals surface area contributed by atoms with Crippen LogP contribution in [0.4, 0.5) is 30.7 Å². The first-order chi connectivity index (χ1) is 36.4. The monoisotopic (exact) mass is 1130 g/mol. The van der Waals surface area contributed by atoms with Crippen LogP contribution in [0.3, 0.4) is 0 Å². The maximum absolute atomic E-state index is 15.7. The van der Waals surface area contributed by atoms with E-state index in [1.54, 1.807) is 27.7 Å². The zero-order chi connectivity index (χ0) is 60.5. The first-order valence-electron chi connectivity index (χ1n) is 26.0. The highest BCUT2D eigenvalue weighted by Crippen LogP contribution is 2.31. The Morgan fingerprint density at radius 3 is 1.37 bits per heavy atom. The molecule has 0 aliphatic heterocycles. The molecular weight excluding hydrogens is 1060 g/mol. The predicted molar refractivity (Wildman–Crippen MR) is 274 cm³/mol. The zero-order valence-corrected chi connectivity index (χ0v) is 47.1. The van der Waals surface area contributed by atoms with Crippen molar-refractivity contribution >= 4 is 47.6 Å². The lowest BCUT2D eigenvalue weighted by Crippen LogP contribution is -2.54. The van der Waals surface area contributed by atoms with E-state index in [-0.39, 0.29) is 42.2 Å². The summed E-state index contributed by atoms with van der Waals surface area (Å²) in [4.78, 5) is 113. The fourth-order valence-corrected chi connectivity index (χ4v) is 8.21. The van der Waals surface area contributed by atoms with Crippen molar-refractivity contribution in [2.45, 2.75) is 187 Å². The Kier molecular flexibility index (Phi) is 26.4. The molecule has 0 aliphatic rings. The second-order valence-corrected chi connectivity index (χ2v) is 21.0. The number of unbranched alkanes of at least 4 members (excludes halogenated alkanes) is 1. The van der Waals surface area contributed by atoms with Gasteiger partial charge in [0.2, 0.25) is 0 Å². The molecule has 2 rings (SSSR count). The van der Waals surface area contributed by atoms with Gasteiger partial charge >= 0.3 is 42.2 Å². The van der Waals surface area contributed by atoms with E-state index in [0.29, 0.717) is 19.3 Å². The molecule has 0 bridgehead atoms. The summed E-state index contributed by atoms with van der Waals surface area (Å²) in [6.45, 7) is 13.1. The summed E-state index contributed by atoms with van der Waals surface area (Å²) >= 11 is 0. The number of halogens is 7. The van der Waals surface area contributed by atoms with Crippen LogP contribution in [-0.4, -0.2) is 150 Å². The lowest BCUT2D eigenvalue weighted by molar-refractivity contribution is -0.175. The minimum absolute atomic E-state index is 0.0749. The van der Waals surface area contributed by atoms with E-state index in [9.17, 15) is 69.8 Å². The average Bonchev–Trinajstić information content (AvgIpc) is 3.35.